The van der Waals surface area contributed by atoms with Crippen LogP contribution in [0.2, 0.25) is 0 Å². The largest absolute Gasteiger partial charge is 0.327 e. The number of hydrogen-bond acceptors (Lipinski definition) is 2. The van der Waals surface area contributed by atoms with Crippen LogP contribution in [0, 0.1) is 16.7 Å². The van der Waals surface area contributed by atoms with Gasteiger partial charge in [0.2, 0.25) is 0 Å². The van der Waals surface area contributed by atoms with Crippen molar-refractivity contribution in [2.24, 2.45) is 22.5 Å². The Morgan fingerprint density at radius 2 is 1.88 bits per heavy atom. The van der Waals surface area contributed by atoms with Gasteiger partial charge in [0.1, 0.15) is 0 Å². The van der Waals surface area contributed by atoms with Gasteiger partial charge in [-0.15, -0.1) is 0 Å². The Morgan fingerprint density at radius 3 is 2.24 bits per heavy atom. The van der Waals surface area contributed by atoms with Gasteiger partial charge in [-0.25, -0.2) is 0 Å². The first-order valence-electron chi connectivity index (χ1n) is 7.01. The molecule has 1 aliphatic rings. The molecule has 17 heavy (non-hydrogen) atoms. The molecule has 1 aliphatic carbocycles. The highest BCUT2D eigenvalue weighted by molar-refractivity contribution is 4.95. The first kappa shape index (κ1) is 15.0. The van der Waals surface area contributed by atoms with Gasteiger partial charge in [0, 0.05) is 18.6 Å². The van der Waals surface area contributed by atoms with E-state index in [9.17, 15) is 0 Å². The van der Waals surface area contributed by atoms with Crippen molar-refractivity contribution in [3.8, 4) is 0 Å². The van der Waals surface area contributed by atoms with E-state index in [0.717, 1.165) is 6.54 Å². The van der Waals surface area contributed by atoms with Gasteiger partial charge in [-0.2, -0.15) is 0 Å². The number of rotatable bonds is 3. The lowest BCUT2D eigenvalue weighted by Gasteiger charge is -2.38. The van der Waals surface area contributed by atoms with Crippen LogP contribution in [0.3, 0.4) is 0 Å². The van der Waals surface area contributed by atoms with Crippen LogP contribution >= 0.6 is 0 Å². The molecule has 0 radical (unpaired) electrons. The van der Waals surface area contributed by atoms with Crippen molar-refractivity contribution in [2.45, 2.75) is 66.5 Å². The van der Waals surface area contributed by atoms with Gasteiger partial charge in [-0.3, -0.25) is 0 Å². The molecule has 0 aliphatic heterocycles. The Hall–Kier alpha value is -0.0800. The van der Waals surface area contributed by atoms with E-state index in [0.29, 0.717) is 28.8 Å². The van der Waals surface area contributed by atoms with E-state index in [1.54, 1.807) is 0 Å². The van der Waals surface area contributed by atoms with Crippen LogP contribution in [0.15, 0.2) is 0 Å². The van der Waals surface area contributed by atoms with Crippen molar-refractivity contribution in [1.82, 2.24) is 4.90 Å². The van der Waals surface area contributed by atoms with E-state index in [1.165, 1.54) is 12.8 Å². The molecular weight excluding hydrogens is 208 g/mol. The lowest BCUT2D eigenvalue weighted by Crippen LogP contribution is -2.46. The van der Waals surface area contributed by atoms with Crippen LogP contribution in [0.5, 0.6) is 0 Å². The molecule has 2 nitrogen and oxygen atoms in total. The van der Waals surface area contributed by atoms with E-state index >= 15 is 0 Å². The summed E-state index contributed by atoms with van der Waals surface area (Å²) in [6, 6.07) is 0.954. The molecule has 3 atom stereocenters. The summed E-state index contributed by atoms with van der Waals surface area (Å²) in [7, 11) is 2.24. The molecule has 0 spiro atoms. The molecule has 0 aromatic heterocycles. The summed E-state index contributed by atoms with van der Waals surface area (Å²) >= 11 is 0. The van der Waals surface area contributed by atoms with Crippen molar-refractivity contribution >= 4 is 0 Å². The van der Waals surface area contributed by atoms with Crippen LogP contribution < -0.4 is 5.73 Å². The maximum Gasteiger partial charge on any atom is 0.0131 e. The second-order valence-corrected chi connectivity index (χ2v) is 7.79. The van der Waals surface area contributed by atoms with E-state index in [1.807, 2.05) is 0 Å². The summed E-state index contributed by atoms with van der Waals surface area (Å²) in [6.45, 7) is 15.0. The maximum absolute atomic E-state index is 6.39. The molecule has 2 heteroatoms. The lowest BCUT2D eigenvalue weighted by molar-refractivity contribution is 0.116. The normalized spacial score (nSPS) is 30.9. The van der Waals surface area contributed by atoms with Gasteiger partial charge < -0.3 is 10.6 Å². The summed E-state index contributed by atoms with van der Waals surface area (Å²) in [6.07, 6.45) is 2.56. The van der Waals surface area contributed by atoms with E-state index in [4.69, 9.17) is 5.73 Å². The topological polar surface area (TPSA) is 29.3 Å². The molecule has 1 saturated carbocycles. The Labute approximate surface area is 108 Å². The van der Waals surface area contributed by atoms with E-state index < -0.39 is 0 Å². The molecule has 0 bridgehead atoms. The van der Waals surface area contributed by atoms with Crippen LogP contribution in [-0.2, 0) is 0 Å². The van der Waals surface area contributed by atoms with Gasteiger partial charge in [0.25, 0.3) is 0 Å². The molecule has 0 saturated heterocycles. The predicted octanol–water partition coefficient (Wildman–Crippen LogP) is 3.12. The summed E-state index contributed by atoms with van der Waals surface area (Å²) in [5, 5.41) is 0. The zero-order valence-electron chi connectivity index (χ0n) is 12.9. The maximum atomic E-state index is 6.39. The molecule has 0 amide bonds. The number of hydrogen-bond donors (Lipinski definition) is 1. The Balaban J connectivity index is 2.56. The quantitative estimate of drug-likeness (QED) is 0.821. The third-order valence-electron chi connectivity index (χ3n) is 5.01. The van der Waals surface area contributed by atoms with Gasteiger partial charge in [-0.1, -0.05) is 34.6 Å². The predicted molar refractivity (Wildman–Crippen MR) is 76.0 cm³/mol. The fourth-order valence-corrected chi connectivity index (χ4v) is 2.94. The van der Waals surface area contributed by atoms with E-state index in [2.05, 4.69) is 53.5 Å². The van der Waals surface area contributed by atoms with Crippen molar-refractivity contribution in [3.05, 3.63) is 0 Å². The monoisotopic (exact) mass is 240 g/mol. The molecule has 1 fully saturated rings. The minimum absolute atomic E-state index is 0.330. The smallest absolute Gasteiger partial charge is 0.0131 e. The lowest BCUT2D eigenvalue weighted by atomic mass is 9.84. The molecule has 0 heterocycles. The third-order valence-corrected chi connectivity index (χ3v) is 5.01. The van der Waals surface area contributed by atoms with Crippen LogP contribution in [-0.4, -0.2) is 30.6 Å². The Bertz CT molecular complexity index is 252. The zero-order chi connectivity index (χ0) is 13.4. The number of nitrogens with zero attached hydrogens (tertiary/aromatic N) is 1. The Kier molecular flexibility index (Phi) is 4.31. The van der Waals surface area contributed by atoms with Gasteiger partial charge in [-0.05, 0) is 43.6 Å². The highest BCUT2D eigenvalue weighted by Crippen LogP contribution is 2.40. The molecule has 0 aromatic carbocycles. The van der Waals surface area contributed by atoms with Crippen molar-refractivity contribution in [3.63, 3.8) is 0 Å². The minimum atomic E-state index is 0.330. The summed E-state index contributed by atoms with van der Waals surface area (Å²) < 4.78 is 0. The van der Waals surface area contributed by atoms with Gasteiger partial charge in [0.05, 0.1) is 0 Å². The summed E-state index contributed by atoms with van der Waals surface area (Å²) in [5.41, 5.74) is 7.06. The highest BCUT2D eigenvalue weighted by Gasteiger charge is 2.40. The molecule has 0 aromatic rings. The van der Waals surface area contributed by atoms with E-state index in [-0.39, 0.29) is 0 Å². The molecule has 3 unspecified atom stereocenters. The molecular formula is C15H32N2. The third kappa shape index (κ3) is 3.45. The van der Waals surface area contributed by atoms with Gasteiger partial charge >= 0.3 is 0 Å². The second-order valence-electron chi connectivity index (χ2n) is 7.79. The average molecular weight is 240 g/mol. The van der Waals surface area contributed by atoms with Crippen molar-refractivity contribution in [1.29, 1.82) is 0 Å². The molecule has 2 N–H and O–H groups in total. The molecule has 1 rings (SSSR count). The van der Waals surface area contributed by atoms with Crippen LogP contribution in [0.4, 0.5) is 0 Å². The highest BCUT2D eigenvalue weighted by atomic mass is 15.1. The number of nitrogens with two attached hydrogens (primary N) is 1. The van der Waals surface area contributed by atoms with Crippen LogP contribution in [0.25, 0.3) is 0 Å². The first-order chi connectivity index (χ1) is 7.55. The van der Waals surface area contributed by atoms with Gasteiger partial charge in [0.15, 0.2) is 0 Å². The standard InChI is InChI=1S/C15H32N2/c1-11(14(2,3)4)17(7)10-12-8-9-15(5,6)13(12)16/h11-13H,8-10,16H2,1-7H3. The first-order valence-corrected chi connectivity index (χ1v) is 7.01. The SMILES string of the molecule is CC(N(C)CC1CCC(C)(C)C1N)C(C)(C)C. The van der Waals surface area contributed by atoms with Crippen molar-refractivity contribution < 1.29 is 0 Å². The van der Waals surface area contributed by atoms with Crippen molar-refractivity contribution in [2.75, 3.05) is 13.6 Å². The summed E-state index contributed by atoms with van der Waals surface area (Å²) in [4.78, 5) is 2.49. The summed E-state index contributed by atoms with van der Waals surface area (Å²) in [5.74, 6) is 0.666. The van der Waals surface area contributed by atoms with Crippen LogP contribution in [0.1, 0.15) is 54.4 Å². The Morgan fingerprint density at radius 1 is 1.35 bits per heavy atom. The second kappa shape index (κ2) is 4.89. The zero-order valence-corrected chi connectivity index (χ0v) is 12.9. The average Bonchev–Trinajstić information content (AvgIpc) is 2.42. The fourth-order valence-electron chi connectivity index (χ4n) is 2.94. The fraction of sp³-hybridized carbons (Fsp3) is 1.00. The molecule has 102 valence electrons. The minimum Gasteiger partial charge on any atom is -0.327 e.